The summed E-state index contributed by atoms with van der Waals surface area (Å²) in [6.07, 6.45) is -2.52. The molecule has 1 aromatic rings. The topological polar surface area (TPSA) is 12.9 Å². The molecule has 2 rings (SSSR count). The molecule has 76 valence electrons. The van der Waals surface area contributed by atoms with Crippen LogP contribution in [0.4, 0.5) is 13.2 Å². The number of fused-ring (bicyclic) bond motifs is 1. The standard InChI is InChI=1S/C9H7ClF3N/c10-7-4-5-2-1-3-6(5)8(14-7)9(11,12)13/h4H,1-3H2. The lowest BCUT2D eigenvalue weighted by Crippen LogP contribution is -2.12. The van der Waals surface area contributed by atoms with Gasteiger partial charge in [0.2, 0.25) is 0 Å². The Kier molecular flexibility index (Phi) is 2.18. The van der Waals surface area contributed by atoms with Crippen molar-refractivity contribution in [3.8, 4) is 0 Å². The molecule has 0 atom stereocenters. The van der Waals surface area contributed by atoms with Crippen LogP contribution >= 0.6 is 11.6 Å². The monoisotopic (exact) mass is 221 g/mol. The lowest BCUT2D eigenvalue weighted by Gasteiger charge is -2.11. The van der Waals surface area contributed by atoms with E-state index in [1.165, 1.54) is 6.07 Å². The Hall–Kier alpha value is -0.770. The minimum Gasteiger partial charge on any atom is -0.231 e. The number of aromatic nitrogens is 1. The maximum atomic E-state index is 12.5. The van der Waals surface area contributed by atoms with Gasteiger partial charge in [-0.1, -0.05) is 11.6 Å². The average Bonchev–Trinajstić information content (AvgIpc) is 2.47. The summed E-state index contributed by atoms with van der Waals surface area (Å²) in [5.74, 6) is 0. The van der Waals surface area contributed by atoms with Crippen molar-refractivity contribution in [1.29, 1.82) is 0 Å². The van der Waals surface area contributed by atoms with Crippen molar-refractivity contribution < 1.29 is 13.2 Å². The molecule has 1 nitrogen and oxygen atoms in total. The number of rotatable bonds is 0. The van der Waals surface area contributed by atoms with Crippen molar-refractivity contribution in [3.63, 3.8) is 0 Å². The molecule has 1 heterocycles. The largest absolute Gasteiger partial charge is 0.433 e. The first-order chi connectivity index (χ1) is 6.48. The lowest BCUT2D eigenvalue weighted by atomic mass is 10.1. The van der Waals surface area contributed by atoms with E-state index in [9.17, 15) is 13.2 Å². The minimum atomic E-state index is -4.39. The summed E-state index contributed by atoms with van der Waals surface area (Å²) in [5.41, 5.74) is 0.205. The number of hydrogen-bond donors (Lipinski definition) is 0. The van der Waals surface area contributed by atoms with Crippen LogP contribution < -0.4 is 0 Å². The van der Waals surface area contributed by atoms with Gasteiger partial charge in [-0.25, -0.2) is 4.98 Å². The molecule has 0 fully saturated rings. The molecule has 0 spiro atoms. The zero-order valence-corrected chi connectivity index (χ0v) is 7.91. The molecular formula is C9H7ClF3N. The van der Waals surface area contributed by atoms with E-state index in [4.69, 9.17) is 11.6 Å². The molecule has 0 radical (unpaired) electrons. The predicted molar refractivity (Wildman–Crippen MR) is 46.3 cm³/mol. The molecule has 1 aliphatic rings. The summed E-state index contributed by atoms with van der Waals surface area (Å²) >= 11 is 5.52. The second-order valence-corrected chi connectivity index (χ2v) is 3.67. The van der Waals surface area contributed by atoms with E-state index < -0.39 is 11.9 Å². The first kappa shape index (κ1) is 9.77. The highest BCUT2D eigenvalue weighted by Crippen LogP contribution is 2.36. The summed E-state index contributed by atoms with van der Waals surface area (Å²) in [6, 6.07) is 1.53. The van der Waals surface area contributed by atoms with Gasteiger partial charge in [-0.3, -0.25) is 0 Å². The maximum Gasteiger partial charge on any atom is 0.433 e. The van der Waals surface area contributed by atoms with Crippen LogP contribution in [0.25, 0.3) is 0 Å². The summed E-state index contributed by atoms with van der Waals surface area (Å²) in [7, 11) is 0. The van der Waals surface area contributed by atoms with Crippen LogP contribution in [-0.4, -0.2) is 4.98 Å². The van der Waals surface area contributed by atoms with E-state index in [-0.39, 0.29) is 5.15 Å². The highest BCUT2D eigenvalue weighted by molar-refractivity contribution is 6.29. The Balaban J connectivity index is 2.60. The van der Waals surface area contributed by atoms with Crippen LogP contribution in [0.2, 0.25) is 5.15 Å². The molecule has 0 unspecified atom stereocenters. The fourth-order valence-corrected chi connectivity index (χ4v) is 2.00. The van der Waals surface area contributed by atoms with Gasteiger partial charge in [-0.05, 0) is 36.5 Å². The van der Waals surface area contributed by atoms with Crippen LogP contribution in [0, 0.1) is 0 Å². The molecule has 0 aromatic carbocycles. The first-order valence-electron chi connectivity index (χ1n) is 4.24. The second kappa shape index (κ2) is 3.12. The summed E-state index contributed by atoms with van der Waals surface area (Å²) in [6.45, 7) is 0. The van der Waals surface area contributed by atoms with Crippen molar-refractivity contribution in [3.05, 3.63) is 28.0 Å². The predicted octanol–water partition coefficient (Wildman–Crippen LogP) is 3.24. The van der Waals surface area contributed by atoms with Crippen molar-refractivity contribution in [2.75, 3.05) is 0 Å². The van der Waals surface area contributed by atoms with Gasteiger partial charge in [-0.15, -0.1) is 0 Å². The maximum absolute atomic E-state index is 12.5. The number of nitrogens with zero attached hydrogens (tertiary/aromatic N) is 1. The fourth-order valence-electron chi connectivity index (χ4n) is 1.78. The average molecular weight is 222 g/mol. The van der Waals surface area contributed by atoms with E-state index in [1.807, 2.05) is 0 Å². The normalized spacial score (nSPS) is 15.7. The minimum absolute atomic E-state index is 0.0713. The summed E-state index contributed by atoms with van der Waals surface area (Å²) in [5, 5.41) is -0.0713. The molecule has 0 saturated carbocycles. The fraction of sp³-hybridized carbons (Fsp3) is 0.444. The molecule has 1 aromatic heterocycles. The Morgan fingerprint density at radius 1 is 1.29 bits per heavy atom. The highest BCUT2D eigenvalue weighted by Gasteiger charge is 2.37. The molecule has 0 bridgehead atoms. The van der Waals surface area contributed by atoms with Gasteiger partial charge in [0.05, 0.1) is 0 Å². The van der Waals surface area contributed by atoms with Crippen LogP contribution in [0.3, 0.4) is 0 Å². The summed E-state index contributed by atoms with van der Waals surface area (Å²) < 4.78 is 37.5. The third-order valence-corrected chi connectivity index (χ3v) is 2.52. The number of alkyl halides is 3. The van der Waals surface area contributed by atoms with Crippen LogP contribution in [0.5, 0.6) is 0 Å². The second-order valence-electron chi connectivity index (χ2n) is 3.28. The zero-order valence-electron chi connectivity index (χ0n) is 7.16. The van der Waals surface area contributed by atoms with Gasteiger partial charge >= 0.3 is 6.18 Å². The summed E-state index contributed by atoms with van der Waals surface area (Å²) in [4.78, 5) is 3.36. The lowest BCUT2D eigenvalue weighted by molar-refractivity contribution is -0.141. The molecular weight excluding hydrogens is 215 g/mol. The van der Waals surface area contributed by atoms with Crippen LogP contribution in [0.1, 0.15) is 23.2 Å². The zero-order chi connectivity index (χ0) is 10.3. The van der Waals surface area contributed by atoms with Gasteiger partial charge in [-0.2, -0.15) is 13.2 Å². The van der Waals surface area contributed by atoms with E-state index in [0.29, 0.717) is 24.0 Å². The van der Waals surface area contributed by atoms with Crippen LogP contribution in [-0.2, 0) is 19.0 Å². The number of pyridine rings is 1. The number of halogens is 4. The van der Waals surface area contributed by atoms with E-state index in [1.54, 1.807) is 0 Å². The molecule has 0 amide bonds. The highest BCUT2D eigenvalue weighted by atomic mass is 35.5. The van der Waals surface area contributed by atoms with E-state index in [0.717, 1.165) is 6.42 Å². The molecule has 0 aliphatic heterocycles. The van der Waals surface area contributed by atoms with Crippen molar-refractivity contribution in [2.24, 2.45) is 0 Å². The van der Waals surface area contributed by atoms with E-state index in [2.05, 4.69) is 4.98 Å². The molecule has 0 saturated heterocycles. The molecule has 0 N–H and O–H groups in total. The number of hydrogen-bond acceptors (Lipinski definition) is 1. The Morgan fingerprint density at radius 2 is 2.00 bits per heavy atom. The van der Waals surface area contributed by atoms with Crippen molar-refractivity contribution in [1.82, 2.24) is 4.98 Å². The Morgan fingerprint density at radius 3 is 2.64 bits per heavy atom. The van der Waals surface area contributed by atoms with Gasteiger partial charge in [0.25, 0.3) is 0 Å². The van der Waals surface area contributed by atoms with Gasteiger partial charge in [0.1, 0.15) is 10.8 Å². The quantitative estimate of drug-likeness (QED) is 0.613. The van der Waals surface area contributed by atoms with Gasteiger partial charge < -0.3 is 0 Å². The molecule has 14 heavy (non-hydrogen) atoms. The Labute approximate surface area is 83.9 Å². The van der Waals surface area contributed by atoms with E-state index >= 15 is 0 Å². The third-order valence-electron chi connectivity index (χ3n) is 2.33. The van der Waals surface area contributed by atoms with Gasteiger partial charge in [0.15, 0.2) is 0 Å². The Bertz CT molecular complexity index is 373. The van der Waals surface area contributed by atoms with Crippen molar-refractivity contribution in [2.45, 2.75) is 25.4 Å². The van der Waals surface area contributed by atoms with Crippen LogP contribution in [0.15, 0.2) is 6.07 Å². The number of aryl methyl sites for hydroxylation is 1. The smallest absolute Gasteiger partial charge is 0.231 e. The molecule has 5 heteroatoms. The SMILES string of the molecule is FC(F)(F)c1nc(Cl)cc2c1CCC2. The third kappa shape index (κ3) is 1.59. The van der Waals surface area contributed by atoms with Gasteiger partial charge in [0, 0.05) is 0 Å². The van der Waals surface area contributed by atoms with Crippen molar-refractivity contribution >= 4 is 11.6 Å². The molecule has 1 aliphatic carbocycles. The first-order valence-corrected chi connectivity index (χ1v) is 4.62.